The maximum Gasteiger partial charge on any atom is 0.223 e. The highest BCUT2D eigenvalue weighted by Crippen LogP contribution is 2.47. The van der Waals surface area contributed by atoms with Crippen LogP contribution in [0, 0.1) is 0 Å². The summed E-state index contributed by atoms with van der Waals surface area (Å²) >= 11 is 0. The largest absolute Gasteiger partial charge is 0.412 e. The van der Waals surface area contributed by atoms with Gasteiger partial charge in [0.05, 0.1) is 13.2 Å². The first-order chi connectivity index (χ1) is 9.92. The van der Waals surface area contributed by atoms with Gasteiger partial charge in [-0.15, -0.1) is 0 Å². The van der Waals surface area contributed by atoms with Crippen LogP contribution in [0.1, 0.15) is 27.7 Å². The molecule has 3 heterocycles. The standard InChI is InChI=1S/C15H28O6Si/c1-13(2)18-10-8-16-15(9-17-22(5,6)7)12(11(10)19-13)20-14(3,4)21-15/h10-12H,8-9H2,1-7H3/t10-,11-,12+,15+/m0/s1. The lowest BCUT2D eigenvalue weighted by molar-refractivity contribution is -0.291. The molecule has 0 radical (unpaired) electrons. The van der Waals surface area contributed by atoms with Crippen LogP contribution in [0.2, 0.25) is 19.6 Å². The lowest BCUT2D eigenvalue weighted by atomic mass is 9.98. The molecule has 0 saturated carbocycles. The van der Waals surface area contributed by atoms with E-state index in [4.69, 9.17) is 28.1 Å². The number of hydrogen-bond acceptors (Lipinski definition) is 6. The number of ether oxygens (including phenoxy) is 5. The second-order valence-electron chi connectivity index (χ2n) is 8.20. The van der Waals surface area contributed by atoms with Gasteiger partial charge in [0.25, 0.3) is 0 Å². The van der Waals surface area contributed by atoms with E-state index in [9.17, 15) is 0 Å². The molecule has 0 bridgehead atoms. The topological polar surface area (TPSA) is 55.4 Å². The molecule has 128 valence electrons. The van der Waals surface area contributed by atoms with E-state index in [1.807, 2.05) is 27.7 Å². The summed E-state index contributed by atoms with van der Waals surface area (Å²) in [7, 11) is -1.70. The zero-order chi connectivity index (χ0) is 16.4. The summed E-state index contributed by atoms with van der Waals surface area (Å²) in [6.07, 6.45) is -0.715. The molecule has 4 atom stereocenters. The Hall–Kier alpha value is -0.0231. The lowest BCUT2D eigenvalue weighted by Gasteiger charge is -2.41. The van der Waals surface area contributed by atoms with Crippen LogP contribution in [0.4, 0.5) is 0 Å². The minimum absolute atomic E-state index is 0.141. The van der Waals surface area contributed by atoms with E-state index in [1.54, 1.807) is 0 Å². The van der Waals surface area contributed by atoms with Gasteiger partial charge < -0.3 is 28.1 Å². The first-order valence-corrected chi connectivity index (χ1v) is 11.3. The molecule has 0 aliphatic carbocycles. The van der Waals surface area contributed by atoms with Crippen molar-refractivity contribution >= 4 is 8.32 Å². The average molecular weight is 332 g/mol. The smallest absolute Gasteiger partial charge is 0.223 e. The average Bonchev–Trinajstić information content (AvgIpc) is 2.78. The summed E-state index contributed by atoms with van der Waals surface area (Å²) in [6, 6.07) is 0. The van der Waals surface area contributed by atoms with Crippen molar-refractivity contribution in [1.82, 2.24) is 0 Å². The Morgan fingerprint density at radius 3 is 2.32 bits per heavy atom. The molecule has 3 fully saturated rings. The van der Waals surface area contributed by atoms with Crippen molar-refractivity contribution in [2.75, 3.05) is 13.2 Å². The highest BCUT2D eigenvalue weighted by molar-refractivity contribution is 6.69. The van der Waals surface area contributed by atoms with Gasteiger partial charge in [-0.05, 0) is 47.3 Å². The van der Waals surface area contributed by atoms with Gasteiger partial charge in [-0.25, -0.2) is 0 Å². The molecule has 3 saturated heterocycles. The SMILES string of the molecule is CC1(C)O[C@H]2[C@H](CO[C@]3(CO[Si](C)(C)C)OC(C)(C)O[C@H]23)O1. The summed E-state index contributed by atoms with van der Waals surface area (Å²) in [5.74, 6) is -2.29. The predicted molar refractivity (Wildman–Crippen MR) is 81.8 cm³/mol. The van der Waals surface area contributed by atoms with Gasteiger partial charge >= 0.3 is 0 Å². The Labute approximate surface area is 133 Å². The van der Waals surface area contributed by atoms with Gasteiger partial charge in [-0.1, -0.05) is 0 Å². The maximum atomic E-state index is 6.13. The van der Waals surface area contributed by atoms with Crippen LogP contribution in [-0.4, -0.2) is 57.2 Å². The number of hydrogen-bond donors (Lipinski definition) is 0. The fourth-order valence-electron chi connectivity index (χ4n) is 3.26. The van der Waals surface area contributed by atoms with Crippen LogP contribution < -0.4 is 0 Å². The lowest BCUT2D eigenvalue weighted by Crippen LogP contribution is -2.61. The van der Waals surface area contributed by atoms with Crippen LogP contribution in [0.25, 0.3) is 0 Å². The van der Waals surface area contributed by atoms with Crippen molar-refractivity contribution in [3.8, 4) is 0 Å². The fraction of sp³-hybridized carbons (Fsp3) is 1.00. The van der Waals surface area contributed by atoms with Crippen molar-refractivity contribution in [2.45, 2.75) is 83.0 Å². The summed E-state index contributed by atoms with van der Waals surface area (Å²) in [4.78, 5) is 0. The van der Waals surface area contributed by atoms with E-state index in [0.29, 0.717) is 13.2 Å². The van der Waals surface area contributed by atoms with Gasteiger partial charge in [0, 0.05) is 0 Å². The maximum absolute atomic E-state index is 6.13. The molecule has 0 amide bonds. The Kier molecular flexibility index (Phi) is 3.81. The third-order valence-electron chi connectivity index (χ3n) is 3.98. The molecular weight excluding hydrogens is 304 g/mol. The minimum Gasteiger partial charge on any atom is -0.412 e. The van der Waals surface area contributed by atoms with Gasteiger partial charge in [-0.2, -0.15) is 0 Å². The third-order valence-corrected chi connectivity index (χ3v) is 4.99. The molecule has 3 rings (SSSR count). The molecule has 22 heavy (non-hydrogen) atoms. The van der Waals surface area contributed by atoms with Gasteiger partial charge in [0.15, 0.2) is 19.9 Å². The molecule has 3 aliphatic heterocycles. The number of fused-ring (bicyclic) bond motifs is 3. The van der Waals surface area contributed by atoms with E-state index in [0.717, 1.165) is 0 Å². The monoisotopic (exact) mass is 332 g/mol. The van der Waals surface area contributed by atoms with Crippen LogP contribution in [0.3, 0.4) is 0 Å². The predicted octanol–water partition coefficient (Wildman–Crippen LogP) is 2.24. The molecule has 0 N–H and O–H groups in total. The van der Waals surface area contributed by atoms with Crippen molar-refractivity contribution in [2.24, 2.45) is 0 Å². The molecule has 0 aromatic heterocycles. The Balaban J connectivity index is 1.84. The van der Waals surface area contributed by atoms with Crippen molar-refractivity contribution < 1.29 is 28.1 Å². The Morgan fingerprint density at radius 1 is 1.00 bits per heavy atom. The van der Waals surface area contributed by atoms with Gasteiger partial charge in [0.1, 0.15) is 18.3 Å². The van der Waals surface area contributed by atoms with Gasteiger partial charge in [0.2, 0.25) is 5.79 Å². The Bertz CT molecular complexity index is 446. The molecule has 0 aromatic rings. The zero-order valence-electron chi connectivity index (χ0n) is 14.6. The summed E-state index contributed by atoms with van der Waals surface area (Å²) < 4.78 is 36.4. The third kappa shape index (κ3) is 3.13. The van der Waals surface area contributed by atoms with E-state index < -0.39 is 25.7 Å². The quantitative estimate of drug-likeness (QED) is 0.739. The minimum atomic E-state index is -1.70. The first-order valence-electron chi connectivity index (χ1n) is 7.93. The summed E-state index contributed by atoms with van der Waals surface area (Å²) in [6.45, 7) is 14.8. The van der Waals surface area contributed by atoms with Crippen LogP contribution in [-0.2, 0) is 28.1 Å². The van der Waals surface area contributed by atoms with Crippen LogP contribution >= 0.6 is 0 Å². The highest BCUT2D eigenvalue weighted by Gasteiger charge is 2.65. The Morgan fingerprint density at radius 2 is 1.68 bits per heavy atom. The second-order valence-corrected chi connectivity index (χ2v) is 12.7. The molecular formula is C15H28O6Si. The molecule has 0 aromatic carbocycles. The summed E-state index contributed by atoms with van der Waals surface area (Å²) in [5, 5.41) is 0. The molecule has 3 aliphatic rings. The van der Waals surface area contributed by atoms with Gasteiger partial charge in [-0.3, -0.25) is 0 Å². The van der Waals surface area contributed by atoms with Crippen molar-refractivity contribution in [1.29, 1.82) is 0 Å². The van der Waals surface area contributed by atoms with E-state index in [1.165, 1.54) is 0 Å². The molecule has 0 spiro atoms. The molecule has 6 nitrogen and oxygen atoms in total. The number of rotatable bonds is 3. The second kappa shape index (κ2) is 4.99. The molecule has 7 heteroatoms. The van der Waals surface area contributed by atoms with Crippen LogP contribution in [0.5, 0.6) is 0 Å². The van der Waals surface area contributed by atoms with E-state index in [2.05, 4.69) is 19.6 Å². The van der Waals surface area contributed by atoms with Crippen LogP contribution in [0.15, 0.2) is 0 Å². The van der Waals surface area contributed by atoms with Crippen molar-refractivity contribution in [3.63, 3.8) is 0 Å². The van der Waals surface area contributed by atoms with E-state index in [-0.39, 0.29) is 18.3 Å². The highest BCUT2D eigenvalue weighted by atomic mass is 28.4. The van der Waals surface area contributed by atoms with E-state index >= 15 is 0 Å². The normalized spacial score (nSPS) is 43.0. The van der Waals surface area contributed by atoms with Crippen molar-refractivity contribution in [3.05, 3.63) is 0 Å². The summed E-state index contributed by atoms with van der Waals surface area (Å²) in [5.41, 5.74) is 0. The fourth-order valence-corrected chi connectivity index (χ4v) is 3.90. The first kappa shape index (κ1) is 16.8. The zero-order valence-corrected chi connectivity index (χ0v) is 15.6. The molecule has 0 unspecified atom stereocenters.